The van der Waals surface area contributed by atoms with Crippen LogP contribution in [0.4, 0.5) is 0 Å². The highest BCUT2D eigenvalue weighted by atomic mass is 35.5. The molecule has 0 spiro atoms. The molecule has 1 heterocycles. The molecule has 0 N–H and O–H groups in total. The topological polar surface area (TPSA) is 29.5 Å². The molecule has 0 bridgehead atoms. The normalized spacial score (nSPS) is 15.7. The van der Waals surface area contributed by atoms with Crippen LogP contribution in [0.25, 0.3) is 0 Å². The Morgan fingerprint density at radius 1 is 1.37 bits per heavy atom. The Bertz CT molecular complexity index is 442. The lowest BCUT2D eigenvalue weighted by Gasteiger charge is -2.15. The molecule has 0 atom stereocenters. The number of likely N-dealkylation sites (tertiary alicyclic amines) is 1. The SMILES string of the molecule is CC(=O)c1cc(Cl)ccc1OCCCN1CCCC1. The largest absolute Gasteiger partial charge is 0.493 e. The van der Waals surface area contributed by atoms with Crippen LogP contribution >= 0.6 is 11.6 Å². The Hall–Kier alpha value is -1.06. The van der Waals surface area contributed by atoms with Gasteiger partial charge in [0.2, 0.25) is 0 Å². The van der Waals surface area contributed by atoms with Gasteiger partial charge in [-0.2, -0.15) is 0 Å². The summed E-state index contributed by atoms with van der Waals surface area (Å²) in [5, 5.41) is 0.564. The summed E-state index contributed by atoms with van der Waals surface area (Å²) < 4.78 is 5.71. The number of carbonyl (C=O) groups is 1. The molecule has 1 aliphatic rings. The molecule has 0 aromatic heterocycles. The van der Waals surface area contributed by atoms with Crippen molar-refractivity contribution in [2.75, 3.05) is 26.2 Å². The maximum Gasteiger partial charge on any atom is 0.163 e. The summed E-state index contributed by atoms with van der Waals surface area (Å²) in [5.74, 6) is 0.621. The fraction of sp³-hybridized carbons (Fsp3) is 0.533. The minimum atomic E-state index is -0.0166. The van der Waals surface area contributed by atoms with Gasteiger partial charge >= 0.3 is 0 Å². The number of halogens is 1. The molecule has 0 saturated carbocycles. The highest BCUT2D eigenvalue weighted by molar-refractivity contribution is 6.31. The Morgan fingerprint density at radius 2 is 2.11 bits per heavy atom. The van der Waals surface area contributed by atoms with E-state index >= 15 is 0 Å². The molecular formula is C15H20ClNO2. The lowest BCUT2D eigenvalue weighted by molar-refractivity contribution is 0.101. The van der Waals surface area contributed by atoms with Gasteiger partial charge in [0.1, 0.15) is 5.75 Å². The molecule has 104 valence electrons. The molecular weight excluding hydrogens is 262 g/mol. The lowest BCUT2D eigenvalue weighted by Crippen LogP contribution is -2.22. The number of ketones is 1. The molecule has 0 aliphatic carbocycles. The van der Waals surface area contributed by atoms with Gasteiger partial charge < -0.3 is 9.64 Å². The second-order valence-corrected chi connectivity index (χ2v) is 5.38. The van der Waals surface area contributed by atoms with E-state index < -0.39 is 0 Å². The van der Waals surface area contributed by atoms with Gasteiger partial charge in [0.05, 0.1) is 12.2 Å². The van der Waals surface area contributed by atoms with Crippen molar-refractivity contribution in [2.45, 2.75) is 26.2 Å². The highest BCUT2D eigenvalue weighted by Crippen LogP contribution is 2.23. The van der Waals surface area contributed by atoms with Gasteiger partial charge in [-0.25, -0.2) is 0 Å². The van der Waals surface area contributed by atoms with E-state index in [1.807, 2.05) is 0 Å². The maximum atomic E-state index is 11.5. The smallest absolute Gasteiger partial charge is 0.163 e. The third kappa shape index (κ3) is 4.22. The Balaban J connectivity index is 1.83. The number of benzene rings is 1. The van der Waals surface area contributed by atoms with Gasteiger partial charge in [-0.15, -0.1) is 0 Å². The number of nitrogens with zero attached hydrogens (tertiary/aromatic N) is 1. The summed E-state index contributed by atoms with van der Waals surface area (Å²) in [6.07, 6.45) is 3.61. The van der Waals surface area contributed by atoms with Crippen LogP contribution < -0.4 is 4.74 Å². The number of hydrogen-bond donors (Lipinski definition) is 0. The van der Waals surface area contributed by atoms with Crippen molar-refractivity contribution < 1.29 is 9.53 Å². The zero-order chi connectivity index (χ0) is 13.7. The lowest BCUT2D eigenvalue weighted by atomic mass is 10.1. The molecule has 3 nitrogen and oxygen atoms in total. The number of Topliss-reactive ketones (excluding diaryl/α,β-unsaturated/α-hetero) is 1. The fourth-order valence-electron chi connectivity index (χ4n) is 2.38. The number of ether oxygens (including phenoxy) is 1. The molecule has 0 unspecified atom stereocenters. The minimum absolute atomic E-state index is 0.0166. The van der Waals surface area contributed by atoms with Crippen LogP contribution in [0, 0.1) is 0 Å². The van der Waals surface area contributed by atoms with E-state index in [1.54, 1.807) is 18.2 Å². The van der Waals surface area contributed by atoms with Crippen molar-refractivity contribution >= 4 is 17.4 Å². The van der Waals surface area contributed by atoms with Gasteiger partial charge in [0, 0.05) is 11.6 Å². The second-order valence-electron chi connectivity index (χ2n) is 4.95. The van der Waals surface area contributed by atoms with Crippen LogP contribution in [-0.2, 0) is 0 Å². The van der Waals surface area contributed by atoms with Crippen LogP contribution in [0.2, 0.25) is 5.02 Å². The summed E-state index contributed by atoms with van der Waals surface area (Å²) in [5.41, 5.74) is 0.564. The average Bonchev–Trinajstić information content (AvgIpc) is 2.89. The van der Waals surface area contributed by atoms with Gasteiger partial charge in [-0.3, -0.25) is 4.79 Å². The molecule has 0 radical (unpaired) electrons. The molecule has 0 amide bonds. The van der Waals surface area contributed by atoms with E-state index in [0.717, 1.165) is 13.0 Å². The monoisotopic (exact) mass is 281 g/mol. The van der Waals surface area contributed by atoms with Gasteiger partial charge in [0.25, 0.3) is 0 Å². The molecule has 19 heavy (non-hydrogen) atoms. The molecule has 1 aromatic rings. The molecule has 1 aliphatic heterocycles. The first-order valence-electron chi connectivity index (χ1n) is 6.82. The summed E-state index contributed by atoms with van der Waals surface area (Å²) >= 11 is 5.89. The Labute approximate surface area is 119 Å². The molecule has 1 saturated heterocycles. The average molecular weight is 282 g/mol. The van der Waals surface area contributed by atoms with Crippen LogP contribution in [0.3, 0.4) is 0 Å². The zero-order valence-corrected chi connectivity index (χ0v) is 12.1. The van der Waals surface area contributed by atoms with E-state index in [0.29, 0.717) is 22.9 Å². The van der Waals surface area contributed by atoms with E-state index in [4.69, 9.17) is 16.3 Å². The first-order chi connectivity index (χ1) is 9.16. The van der Waals surface area contributed by atoms with E-state index in [2.05, 4.69) is 4.90 Å². The van der Waals surface area contributed by atoms with Crippen LogP contribution in [-0.4, -0.2) is 36.9 Å². The highest BCUT2D eigenvalue weighted by Gasteiger charge is 2.12. The van der Waals surface area contributed by atoms with Crippen molar-refractivity contribution in [3.63, 3.8) is 0 Å². The number of carbonyl (C=O) groups excluding carboxylic acids is 1. The summed E-state index contributed by atoms with van der Waals surface area (Å²) in [6, 6.07) is 5.19. The van der Waals surface area contributed by atoms with Crippen molar-refractivity contribution in [2.24, 2.45) is 0 Å². The minimum Gasteiger partial charge on any atom is -0.493 e. The summed E-state index contributed by atoms with van der Waals surface area (Å²) in [7, 11) is 0. The predicted molar refractivity (Wildman–Crippen MR) is 77.2 cm³/mol. The van der Waals surface area contributed by atoms with Gasteiger partial charge in [-0.1, -0.05) is 11.6 Å². The third-order valence-corrected chi connectivity index (χ3v) is 3.63. The first-order valence-corrected chi connectivity index (χ1v) is 7.20. The molecule has 1 aromatic carbocycles. The third-order valence-electron chi connectivity index (χ3n) is 3.40. The van der Waals surface area contributed by atoms with Crippen molar-refractivity contribution in [1.29, 1.82) is 0 Å². The van der Waals surface area contributed by atoms with Crippen molar-refractivity contribution in [3.05, 3.63) is 28.8 Å². The fourth-order valence-corrected chi connectivity index (χ4v) is 2.55. The Kier molecular flexibility index (Phi) is 5.23. The van der Waals surface area contributed by atoms with Gasteiger partial charge in [0.15, 0.2) is 5.78 Å². The van der Waals surface area contributed by atoms with E-state index in [1.165, 1.54) is 32.9 Å². The maximum absolute atomic E-state index is 11.5. The molecule has 2 rings (SSSR count). The zero-order valence-electron chi connectivity index (χ0n) is 11.3. The number of rotatable bonds is 6. The quantitative estimate of drug-likeness (QED) is 0.591. The number of hydrogen-bond acceptors (Lipinski definition) is 3. The van der Waals surface area contributed by atoms with E-state index in [-0.39, 0.29) is 5.78 Å². The first kappa shape index (κ1) is 14.4. The van der Waals surface area contributed by atoms with Crippen molar-refractivity contribution in [3.8, 4) is 5.75 Å². The molecule has 1 fully saturated rings. The summed E-state index contributed by atoms with van der Waals surface area (Å²) in [4.78, 5) is 14.0. The van der Waals surface area contributed by atoms with Crippen LogP contribution in [0.5, 0.6) is 5.75 Å². The predicted octanol–water partition coefficient (Wildman–Crippen LogP) is 3.41. The Morgan fingerprint density at radius 3 is 2.79 bits per heavy atom. The van der Waals surface area contributed by atoms with E-state index in [9.17, 15) is 4.79 Å². The standard InChI is InChI=1S/C15H20ClNO2/c1-12(18)14-11-13(16)5-6-15(14)19-10-4-9-17-7-2-3-8-17/h5-6,11H,2-4,7-10H2,1H3. The summed E-state index contributed by atoms with van der Waals surface area (Å²) in [6.45, 7) is 5.66. The van der Waals surface area contributed by atoms with Crippen LogP contribution in [0.15, 0.2) is 18.2 Å². The van der Waals surface area contributed by atoms with Crippen LogP contribution in [0.1, 0.15) is 36.5 Å². The molecule has 4 heteroatoms. The second kappa shape index (κ2) is 6.92. The van der Waals surface area contributed by atoms with Gasteiger partial charge in [-0.05, 0) is 57.5 Å². The van der Waals surface area contributed by atoms with Crippen molar-refractivity contribution in [1.82, 2.24) is 4.90 Å².